The summed E-state index contributed by atoms with van der Waals surface area (Å²) in [7, 11) is 0. The second kappa shape index (κ2) is 13.9. The zero-order valence-corrected chi connectivity index (χ0v) is 25.4. The van der Waals surface area contributed by atoms with Crippen LogP contribution in [0.1, 0.15) is 47.1 Å². The lowest BCUT2D eigenvalue weighted by Crippen LogP contribution is -2.43. The van der Waals surface area contributed by atoms with E-state index in [2.05, 4.69) is 25.6 Å². The minimum absolute atomic E-state index is 0.00992. The van der Waals surface area contributed by atoms with Crippen molar-refractivity contribution in [2.75, 3.05) is 25.0 Å². The fourth-order valence-corrected chi connectivity index (χ4v) is 3.64. The molecule has 1 aromatic carbocycles. The Bertz CT molecular complexity index is 1490. The molecule has 2 heterocycles. The number of benzene rings is 1. The van der Waals surface area contributed by atoms with Gasteiger partial charge in [-0.3, -0.25) is 14.9 Å². The molecule has 0 fully saturated rings. The van der Waals surface area contributed by atoms with Crippen LogP contribution in [-0.4, -0.2) is 89.5 Å². The van der Waals surface area contributed by atoms with E-state index in [1.54, 1.807) is 53.7 Å². The largest absolute Gasteiger partial charge is 0.508 e. The first-order chi connectivity index (χ1) is 20.5. The van der Waals surface area contributed by atoms with E-state index in [0.717, 1.165) is 4.90 Å². The molecule has 4 N–H and O–H groups in total. The number of alkyl carbamates (subject to hydrolysis) is 1. The summed E-state index contributed by atoms with van der Waals surface area (Å²) in [6, 6.07) is 6.30. The van der Waals surface area contributed by atoms with Crippen molar-refractivity contribution in [1.82, 2.24) is 29.7 Å². The van der Waals surface area contributed by atoms with Crippen LogP contribution in [0.25, 0.3) is 11.2 Å². The van der Waals surface area contributed by atoms with Crippen LogP contribution in [0.3, 0.4) is 0 Å². The summed E-state index contributed by atoms with van der Waals surface area (Å²) in [4.78, 5) is 63.0. The van der Waals surface area contributed by atoms with Gasteiger partial charge in [0.15, 0.2) is 11.2 Å². The number of ether oxygens (including phenoxy) is 3. The van der Waals surface area contributed by atoms with Crippen molar-refractivity contribution in [1.29, 1.82) is 0 Å². The molecule has 2 aromatic heterocycles. The highest BCUT2D eigenvalue weighted by Crippen LogP contribution is 2.25. The molecule has 0 atom stereocenters. The molecular weight excluding hydrogens is 578 g/mol. The topological polar surface area (TPSA) is 207 Å². The minimum Gasteiger partial charge on any atom is -0.508 e. The van der Waals surface area contributed by atoms with E-state index in [0.29, 0.717) is 5.56 Å². The van der Waals surface area contributed by atoms with Gasteiger partial charge in [0.1, 0.15) is 36.6 Å². The van der Waals surface area contributed by atoms with Gasteiger partial charge in [0, 0.05) is 13.1 Å². The first-order valence-electron chi connectivity index (χ1n) is 13.6. The van der Waals surface area contributed by atoms with Crippen LogP contribution in [0.15, 0.2) is 30.6 Å². The van der Waals surface area contributed by atoms with Gasteiger partial charge in [0.2, 0.25) is 17.7 Å². The number of aromatic hydroxyl groups is 1. The van der Waals surface area contributed by atoms with Crippen LogP contribution in [0, 0.1) is 0 Å². The van der Waals surface area contributed by atoms with Gasteiger partial charge in [0.25, 0.3) is 0 Å². The van der Waals surface area contributed by atoms with Crippen molar-refractivity contribution < 1.29 is 43.6 Å². The van der Waals surface area contributed by atoms with Gasteiger partial charge in [-0.15, -0.1) is 0 Å². The highest BCUT2D eigenvalue weighted by atomic mass is 16.6. The smallest absolute Gasteiger partial charge is 0.414 e. The average Bonchev–Trinajstić information content (AvgIpc) is 3.27. The van der Waals surface area contributed by atoms with Crippen molar-refractivity contribution in [3.05, 3.63) is 36.2 Å². The Balaban J connectivity index is 1.85. The van der Waals surface area contributed by atoms with Crippen molar-refractivity contribution in [3.63, 3.8) is 0 Å². The standard InChI is InChI=1S/C28H37N7O9/c1-27(2,3)43-25(40)29-11-12-34(14-20(38)39)19(37)13-35-16-30-21-22(35)31-24(33-26(41)44-28(4,5)6)32-23(21)42-15-17-7-9-18(36)10-8-17/h7-10,16,36H,11-15H2,1-6H3,(H,29,40)(H,38,39)(H,31,32,33,41). The van der Waals surface area contributed by atoms with Crippen LogP contribution >= 0.6 is 0 Å². The fourth-order valence-electron chi connectivity index (χ4n) is 3.64. The van der Waals surface area contributed by atoms with Crippen molar-refractivity contribution in [3.8, 4) is 11.6 Å². The molecule has 0 spiro atoms. The third-order valence-electron chi connectivity index (χ3n) is 5.39. The number of imidazole rings is 1. The van der Waals surface area contributed by atoms with Crippen LogP contribution in [-0.2, 0) is 32.2 Å². The highest BCUT2D eigenvalue weighted by molar-refractivity contribution is 5.86. The molecule has 0 aliphatic carbocycles. The van der Waals surface area contributed by atoms with Crippen molar-refractivity contribution >= 4 is 41.2 Å². The molecule has 3 amide bonds. The number of phenolic OH excluding ortho intramolecular Hbond substituents is 1. The molecule has 3 rings (SSSR count). The van der Waals surface area contributed by atoms with Gasteiger partial charge in [-0.2, -0.15) is 9.97 Å². The van der Waals surface area contributed by atoms with E-state index in [1.165, 1.54) is 23.0 Å². The third kappa shape index (κ3) is 10.6. The Morgan fingerprint density at radius 3 is 2.20 bits per heavy atom. The Kier molecular flexibility index (Phi) is 10.5. The summed E-state index contributed by atoms with van der Waals surface area (Å²) >= 11 is 0. The lowest BCUT2D eigenvalue weighted by Gasteiger charge is -2.23. The molecule has 0 saturated carbocycles. The number of carboxylic acids is 1. The molecule has 0 aliphatic heterocycles. The molecule has 238 valence electrons. The first-order valence-corrected chi connectivity index (χ1v) is 13.6. The van der Waals surface area contributed by atoms with Crippen LogP contribution in [0.2, 0.25) is 0 Å². The summed E-state index contributed by atoms with van der Waals surface area (Å²) in [6.07, 6.45) is -0.226. The molecular formula is C28H37N7O9. The number of anilines is 1. The predicted octanol–water partition coefficient (Wildman–Crippen LogP) is 2.90. The summed E-state index contributed by atoms with van der Waals surface area (Å²) in [5.74, 6) is -1.97. The van der Waals surface area contributed by atoms with Crippen molar-refractivity contribution in [2.45, 2.75) is 65.9 Å². The Labute approximate surface area is 253 Å². The predicted molar refractivity (Wildman–Crippen MR) is 156 cm³/mol. The number of carboxylic acid groups (broad SMARTS) is 1. The molecule has 16 heteroatoms. The second-order valence-corrected chi connectivity index (χ2v) is 11.6. The highest BCUT2D eigenvalue weighted by Gasteiger charge is 2.23. The normalized spacial score (nSPS) is 11.5. The number of fused-ring (bicyclic) bond motifs is 1. The maximum absolute atomic E-state index is 13.2. The number of carbonyl (C=O) groups excluding carboxylic acids is 3. The maximum Gasteiger partial charge on any atom is 0.414 e. The Morgan fingerprint density at radius 2 is 1.59 bits per heavy atom. The quantitative estimate of drug-likeness (QED) is 0.246. The van der Waals surface area contributed by atoms with E-state index >= 15 is 0 Å². The van der Waals surface area contributed by atoms with Crippen LogP contribution < -0.4 is 15.4 Å². The number of hydrogen-bond acceptors (Lipinski definition) is 11. The number of hydrogen-bond donors (Lipinski definition) is 4. The first kappa shape index (κ1) is 33.4. The monoisotopic (exact) mass is 615 g/mol. The number of nitrogens with zero attached hydrogens (tertiary/aromatic N) is 5. The average molecular weight is 616 g/mol. The van der Waals surface area contributed by atoms with E-state index in [-0.39, 0.29) is 55.0 Å². The molecule has 44 heavy (non-hydrogen) atoms. The van der Waals surface area contributed by atoms with E-state index in [9.17, 15) is 29.4 Å². The number of carbonyl (C=O) groups is 4. The van der Waals surface area contributed by atoms with Gasteiger partial charge in [-0.1, -0.05) is 12.1 Å². The third-order valence-corrected chi connectivity index (χ3v) is 5.39. The lowest BCUT2D eigenvalue weighted by molar-refractivity contribution is -0.144. The number of amides is 3. The summed E-state index contributed by atoms with van der Waals surface area (Å²) in [6.45, 7) is 9.03. The minimum atomic E-state index is -1.25. The van der Waals surface area contributed by atoms with E-state index in [1.807, 2.05) is 0 Å². The van der Waals surface area contributed by atoms with Gasteiger partial charge in [0.05, 0.1) is 6.33 Å². The molecule has 0 saturated heterocycles. The Morgan fingerprint density at radius 1 is 0.955 bits per heavy atom. The van der Waals surface area contributed by atoms with Crippen LogP contribution in [0.5, 0.6) is 11.6 Å². The van der Waals surface area contributed by atoms with Gasteiger partial charge in [-0.25, -0.2) is 14.6 Å². The van der Waals surface area contributed by atoms with E-state index < -0.39 is 41.8 Å². The number of phenols is 1. The molecule has 0 aliphatic rings. The number of aromatic nitrogens is 4. The summed E-state index contributed by atoms with van der Waals surface area (Å²) in [5.41, 5.74) is -0.540. The molecule has 0 unspecified atom stereocenters. The molecule has 3 aromatic rings. The fraction of sp³-hybridized carbons (Fsp3) is 0.464. The maximum atomic E-state index is 13.2. The van der Waals surface area contributed by atoms with Gasteiger partial charge < -0.3 is 39.2 Å². The van der Waals surface area contributed by atoms with Gasteiger partial charge >= 0.3 is 18.2 Å². The Hall–Kier alpha value is -5.15. The summed E-state index contributed by atoms with van der Waals surface area (Å²) < 4.78 is 17.7. The zero-order valence-electron chi connectivity index (χ0n) is 25.4. The zero-order chi connectivity index (χ0) is 32.7. The molecule has 0 radical (unpaired) electrons. The summed E-state index contributed by atoms with van der Waals surface area (Å²) in [5, 5.41) is 23.9. The molecule has 16 nitrogen and oxygen atoms in total. The number of aliphatic carboxylic acids is 1. The second-order valence-electron chi connectivity index (χ2n) is 11.6. The van der Waals surface area contributed by atoms with Crippen LogP contribution in [0.4, 0.5) is 15.5 Å². The van der Waals surface area contributed by atoms with Gasteiger partial charge in [-0.05, 0) is 59.2 Å². The van der Waals surface area contributed by atoms with Crippen molar-refractivity contribution in [2.24, 2.45) is 0 Å². The number of rotatable bonds is 11. The number of nitrogens with one attached hydrogen (secondary N) is 2. The molecule has 0 bridgehead atoms. The SMILES string of the molecule is CC(C)(C)OC(=O)NCCN(CC(=O)O)C(=O)Cn1cnc2c(OCc3ccc(O)cc3)nc(NC(=O)OC(C)(C)C)nc21. The lowest BCUT2D eigenvalue weighted by atomic mass is 10.2. The van der Waals surface area contributed by atoms with E-state index in [4.69, 9.17) is 14.2 Å².